The van der Waals surface area contributed by atoms with Crippen molar-refractivity contribution < 1.29 is 41.5 Å². The van der Waals surface area contributed by atoms with Gasteiger partial charge in [0.15, 0.2) is 0 Å². The first-order valence-corrected chi connectivity index (χ1v) is 5.44. The number of halogens is 2. The normalized spacial score (nSPS) is 10.1. The molecule has 0 atom stereocenters. The van der Waals surface area contributed by atoms with E-state index in [4.69, 9.17) is 0 Å². The zero-order valence-electron chi connectivity index (χ0n) is 10.6. The minimum atomic E-state index is -0.521. The van der Waals surface area contributed by atoms with Crippen molar-refractivity contribution in [1.82, 2.24) is 0 Å². The van der Waals surface area contributed by atoms with E-state index in [1.54, 1.807) is 19.1 Å². The summed E-state index contributed by atoms with van der Waals surface area (Å²) in [6.45, 7) is 5.40. The number of hydrogen-bond donors (Lipinski definition) is 0. The molecule has 0 nitrogen and oxygen atoms in total. The summed E-state index contributed by atoms with van der Waals surface area (Å²) in [5.41, 5.74) is 2.93. The van der Waals surface area contributed by atoms with Crippen LogP contribution in [-0.4, -0.2) is 0 Å². The first-order chi connectivity index (χ1) is 7.97. The SMILES string of the molecule is Cc1[c-]c(C)cc(-c2c(F)cc(C)cc2F)c1.[Y]. The van der Waals surface area contributed by atoms with Gasteiger partial charge in [0.1, 0.15) is 11.6 Å². The van der Waals surface area contributed by atoms with Crippen LogP contribution in [0.3, 0.4) is 0 Å². The van der Waals surface area contributed by atoms with E-state index in [-0.39, 0.29) is 38.3 Å². The molecule has 2 aromatic carbocycles. The van der Waals surface area contributed by atoms with E-state index in [1.165, 1.54) is 12.1 Å². The van der Waals surface area contributed by atoms with Gasteiger partial charge in [-0.05, 0) is 24.6 Å². The van der Waals surface area contributed by atoms with Crippen molar-refractivity contribution in [3.05, 3.63) is 58.7 Å². The summed E-state index contributed by atoms with van der Waals surface area (Å²) in [6.07, 6.45) is 0. The molecule has 0 saturated carbocycles. The predicted molar refractivity (Wildman–Crippen MR) is 64.8 cm³/mol. The van der Waals surface area contributed by atoms with Crippen molar-refractivity contribution in [2.45, 2.75) is 20.8 Å². The Morgan fingerprint density at radius 3 is 1.72 bits per heavy atom. The molecule has 0 unspecified atom stereocenters. The molecule has 0 aliphatic rings. The van der Waals surface area contributed by atoms with Crippen LogP contribution in [0.4, 0.5) is 8.78 Å². The van der Waals surface area contributed by atoms with Gasteiger partial charge in [0, 0.05) is 38.3 Å². The van der Waals surface area contributed by atoms with Crippen molar-refractivity contribution in [2.24, 2.45) is 0 Å². The van der Waals surface area contributed by atoms with E-state index >= 15 is 0 Å². The fraction of sp³-hybridized carbons (Fsp3) is 0.200. The third-order valence-electron chi connectivity index (χ3n) is 2.61. The molecule has 0 bridgehead atoms. The second kappa shape index (κ2) is 6.03. The first kappa shape index (κ1) is 15.5. The minimum Gasteiger partial charge on any atom is -0.206 e. The summed E-state index contributed by atoms with van der Waals surface area (Å²) in [7, 11) is 0. The van der Waals surface area contributed by atoms with Crippen LogP contribution < -0.4 is 0 Å². The molecule has 0 N–H and O–H groups in total. The standard InChI is InChI=1S/C15H13F2.Y/c1-9-4-10(2)6-12(5-9)15-13(16)7-11(3)8-14(15)17;/h5-8H,1-3H3;/q-1;. The van der Waals surface area contributed by atoms with Crippen LogP contribution in [0.1, 0.15) is 16.7 Å². The van der Waals surface area contributed by atoms with Crippen LogP contribution >= 0.6 is 0 Å². The van der Waals surface area contributed by atoms with E-state index in [1.807, 2.05) is 13.8 Å². The third kappa shape index (κ3) is 3.24. The van der Waals surface area contributed by atoms with E-state index in [9.17, 15) is 8.78 Å². The topological polar surface area (TPSA) is 0 Å². The number of rotatable bonds is 1. The Morgan fingerprint density at radius 1 is 0.833 bits per heavy atom. The van der Waals surface area contributed by atoms with Gasteiger partial charge in [0.05, 0.1) is 0 Å². The smallest absolute Gasteiger partial charge is 0.132 e. The van der Waals surface area contributed by atoms with Gasteiger partial charge in [-0.3, -0.25) is 0 Å². The summed E-state index contributed by atoms with van der Waals surface area (Å²) >= 11 is 0. The maximum Gasteiger partial charge on any atom is 0.132 e. The molecular formula is C15H13F2Y-. The molecule has 0 heterocycles. The molecular weight excluding hydrogens is 307 g/mol. The summed E-state index contributed by atoms with van der Waals surface area (Å²) in [6, 6.07) is 9.26. The zero-order chi connectivity index (χ0) is 12.6. The molecule has 1 radical (unpaired) electrons. The molecule has 0 aromatic heterocycles. The summed E-state index contributed by atoms with van der Waals surface area (Å²) in [5, 5.41) is 0. The molecule has 91 valence electrons. The Balaban J connectivity index is 0.00000162. The molecule has 2 rings (SSSR count). The van der Waals surface area contributed by atoms with Gasteiger partial charge in [-0.1, -0.05) is 13.8 Å². The van der Waals surface area contributed by atoms with Crippen molar-refractivity contribution in [3.8, 4) is 11.1 Å². The third-order valence-corrected chi connectivity index (χ3v) is 2.61. The molecule has 3 heteroatoms. The average Bonchev–Trinajstić information content (AvgIpc) is 2.13. The Kier molecular flexibility index (Phi) is 5.18. The van der Waals surface area contributed by atoms with Gasteiger partial charge in [-0.25, -0.2) is 8.78 Å². The van der Waals surface area contributed by atoms with Crippen LogP contribution in [0.15, 0.2) is 24.3 Å². The van der Waals surface area contributed by atoms with Crippen LogP contribution in [0.2, 0.25) is 0 Å². The van der Waals surface area contributed by atoms with E-state index in [2.05, 4.69) is 6.07 Å². The molecule has 0 aliphatic heterocycles. The van der Waals surface area contributed by atoms with Gasteiger partial charge in [0.2, 0.25) is 0 Å². The molecule has 0 fully saturated rings. The second-order valence-corrected chi connectivity index (χ2v) is 4.34. The molecule has 0 saturated heterocycles. The fourth-order valence-corrected chi connectivity index (χ4v) is 2.01. The van der Waals surface area contributed by atoms with Crippen LogP contribution in [-0.2, 0) is 32.7 Å². The first-order valence-electron chi connectivity index (χ1n) is 5.44. The Morgan fingerprint density at radius 2 is 1.28 bits per heavy atom. The fourth-order valence-electron chi connectivity index (χ4n) is 2.01. The van der Waals surface area contributed by atoms with Crippen LogP contribution in [0, 0.1) is 38.5 Å². The van der Waals surface area contributed by atoms with Gasteiger partial charge in [0.25, 0.3) is 0 Å². The Bertz CT molecular complexity index is 533. The quantitative estimate of drug-likeness (QED) is 0.685. The largest absolute Gasteiger partial charge is 0.206 e. The monoisotopic (exact) mass is 320 g/mol. The number of hydrogen-bond acceptors (Lipinski definition) is 0. The zero-order valence-corrected chi connectivity index (χ0v) is 13.5. The van der Waals surface area contributed by atoms with E-state index in [0.29, 0.717) is 11.1 Å². The maximum atomic E-state index is 13.8. The van der Waals surface area contributed by atoms with Crippen LogP contribution in [0.5, 0.6) is 0 Å². The maximum absolute atomic E-state index is 13.8. The Labute approximate surface area is 131 Å². The number of aryl methyl sites for hydroxylation is 3. The van der Waals surface area contributed by atoms with Crippen LogP contribution in [0.25, 0.3) is 11.1 Å². The summed E-state index contributed by atoms with van der Waals surface area (Å²) in [5.74, 6) is -1.04. The predicted octanol–water partition coefficient (Wildman–Crippen LogP) is 4.35. The summed E-state index contributed by atoms with van der Waals surface area (Å²) < 4.78 is 27.6. The average molecular weight is 320 g/mol. The molecule has 18 heavy (non-hydrogen) atoms. The van der Waals surface area contributed by atoms with Crippen molar-refractivity contribution >= 4 is 0 Å². The van der Waals surface area contributed by atoms with Gasteiger partial charge in [-0.15, -0.1) is 5.56 Å². The molecule has 0 spiro atoms. The van der Waals surface area contributed by atoms with E-state index in [0.717, 1.165) is 11.1 Å². The van der Waals surface area contributed by atoms with Gasteiger partial charge in [-0.2, -0.15) is 29.3 Å². The molecule has 0 amide bonds. The van der Waals surface area contributed by atoms with E-state index < -0.39 is 11.6 Å². The van der Waals surface area contributed by atoms with Crippen molar-refractivity contribution in [1.29, 1.82) is 0 Å². The molecule has 2 aromatic rings. The Hall–Kier alpha value is -0.596. The summed E-state index contributed by atoms with van der Waals surface area (Å²) in [4.78, 5) is 0. The minimum absolute atomic E-state index is 0. The number of benzene rings is 2. The second-order valence-electron chi connectivity index (χ2n) is 4.34. The molecule has 0 aliphatic carbocycles. The van der Waals surface area contributed by atoms with Gasteiger partial charge < -0.3 is 0 Å². The van der Waals surface area contributed by atoms with Crippen molar-refractivity contribution in [2.75, 3.05) is 0 Å². The van der Waals surface area contributed by atoms with Gasteiger partial charge >= 0.3 is 0 Å². The van der Waals surface area contributed by atoms with Crippen molar-refractivity contribution in [3.63, 3.8) is 0 Å².